The summed E-state index contributed by atoms with van der Waals surface area (Å²) in [6, 6.07) is 5.70. The third kappa shape index (κ3) is 2.15. The lowest BCUT2D eigenvalue weighted by Gasteiger charge is -2.03. The molecule has 0 fully saturated rings. The third-order valence-corrected chi connectivity index (χ3v) is 3.57. The molecule has 2 aromatic rings. The Morgan fingerprint density at radius 3 is 2.88 bits per heavy atom. The molecule has 0 bridgehead atoms. The maximum atomic E-state index is 10.5. The first kappa shape index (κ1) is 11.3. The fourth-order valence-corrected chi connectivity index (χ4v) is 2.57. The topological polar surface area (TPSA) is 39.2 Å². The van der Waals surface area contributed by atoms with E-state index in [-0.39, 0.29) is 0 Å². The van der Waals surface area contributed by atoms with Gasteiger partial charge in [0.25, 0.3) is 0 Å². The van der Waals surface area contributed by atoms with Crippen molar-refractivity contribution in [3.05, 3.63) is 33.7 Å². The number of nitrogens with zero attached hydrogens (tertiary/aromatic N) is 1. The summed E-state index contributed by atoms with van der Waals surface area (Å²) >= 11 is 4.86. The molecule has 0 aliphatic heterocycles. The molecule has 0 spiro atoms. The van der Waals surface area contributed by atoms with Crippen LogP contribution in [0.3, 0.4) is 0 Å². The molecule has 1 aromatic carbocycles. The van der Waals surface area contributed by atoms with E-state index in [2.05, 4.69) is 20.9 Å². The number of thiazole rings is 1. The zero-order chi connectivity index (χ0) is 11.5. The van der Waals surface area contributed by atoms with E-state index in [1.165, 1.54) is 11.3 Å². The van der Waals surface area contributed by atoms with E-state index < -0.39 is 0 Å². The van der Waals surface area contributed by atoms with Gasteiger partial charge in [-0.3, -0.25) is 4.79 Å². The molecule has 1 aromatic heterocycles. The quantitative estimate of drug-likeness (QED) is 0.815. The fourth-order valence-electron chi connectivity index (χ4n) is 1.27. The van der Waals surface area contributed by atoms with Crippen LogP contribution in [0.1, 0.15) is 10.5 Å². The minimum Gasteiger partial charge on any atom is -0.496 e. The molecule has 0 saturated heterocycles. The molecule has 0 unspecified atom stereocenters. The normalized spacial score (nSPS) is 10.1. The van der Waals surface area contributed by atoms with E-state index in [0.717, 1.165) is 27.1 Å². The molecule has 0 atom stereocenters. The molecule has 0 aliphatic rings. The molecule has 0 saturated carbocycles. The Hall–Kier alpha value is -1.20. The number of ether oxygens (including phenoxy) is 1. The molecule has 0 N–H and O–H groups in total. The van der Waals surface area contributed by atoms with Gasteiger partial charge < -0.3 is 4.74 Å². The number of benzene rings is 1. The van der Waals surface area contributed by atoms with E-state index in [1.807, 2.05) is 18.2 Å². The van der Waals surface area contributed by atoms with Gasteiger partial charge in [-0.1, -0.05) is 0 Å². The zero-order valence-corrected chi connectivity index (χ0v) is 10.8. The summed E-state index contributed by atoms with van der Waals surface area (Å²) in [5, 5.41) is 2.56. The average Bonchev–Trinajstić information content (AvgIpc) is 2.77. The molecule has 0 amide bonds. The van der Waals surface area contributed by atoms with Crippen LogP contribution in [0, 0.1) is 0 Å². The standard InChI is InChI=1S/C11H8BrNO2S/c1-15-10-3-2-7(4-9(10)12)11-13-8(5-14)6-16-11/h2-6H,1H3. The highest BCUT2D eigenvalue weighted by molar-refractivity contribution is 9.10. The molecule has 2 rings (SSSR count). The zero-order valence-electron chi connectivity index (χ0n) is 8.44. The van der Waals surface area contributed by atoms with Crippen molar-refractivity contribution in [1.29, 1.82) is 0 Å². The Bertz CT molecular complexity index is 524. The minimum absolute atomic E-state index is 0.465. The van der Waals surface area contributed by atoms with Crippen LogP contribution in [0.25, 0.3) is 10.6 Å². The van der Waals surface area contributed by atoms with Crippen LogP contribution in [-0.2, 0) is 0 Å². The summed E-state index contributed by atoms with van der Waals surface area (Å²) in [6.07, 6.45) is 0.749. The number of halogens is 1. The number of carbonyl (C=O) groups excluding carboxylic acids is 1. The van der Waals surface area contributed by atoms with Gasteiger partial charge in [-0.2, -0.15) is 0 Å². The van der Waals surface area contributed by atoms with Crippen molar-refractivity contribution < 1.29 is 9.53 Å². The van der Waals surface area contributed by atoms with Crippen molar-refractivity contribution in [2.24, 2.45) is 0 Å². The van der Waals surface area contributed by atoms with Crippen LogP contribution in [0.5, 0.6) is 5.75 Å². The second-order valence-electron chi connectivity index (χ2n) is 3.04. The molecular weight excluding hydrogens is 290 g/mol. The van der Waals surface area contributed by atoms with Gasteiger partial charge in [0.1, 0.15) is 16.5 Å². The Morgan fingerprint density at radius 2 is 2.31 bits per heavy atom. The SMILES string of the molecule is COc1ccc(-c2nc(C=O)cs2)cc1Br. The lowest BCUT2D eigenvalue weighted by molar-refractivity contribution is 0.111. The summed E-state index contributed by atoms with van der Waals surface area (Å²) in [4.78, 5) is 14.7. The number of aldehydes is 1. The summed E-state index contributed by atoms with van der Waals surface area (Å²) < 4.78 is 6.01. The van der Waals surface area contributed by atoms with Crippen molar-refractivity contribution in [1.82, 2.24) is 4.98 Å². The van der Waals surface area contributed by atoms with E-state index in [0.29, 0.717) is 5.69 Å². The number of methoxy groups -OCH3 is 1. The summed E-state index contributed by atoms with van der Waals surface area (Å²) in [5.41, 5.74) is 1.43. The van der Waals surface area contributed by atoms with Crippen LogP contribution in [0.2, 0.25) is 0 Å². The van der Waals surface area contributed by atoms with Gasteiger partial charge in [0.15, 0.2) is 6.29 Å². The number of aromatic nitrogens is 1. The summed E-state index contributed by atoms with van der Waals surface area (Å²) in [7, 11) is 1.62. The van der Waals surface area contributed by atoms with Gasteiger partial charge in [-0.15, -0.1) is 11.3 Å². The second-order valence-corrected chi connectivity index (χ2v) is 4.76. The Kier molecular flexibility index (Phi) is 3.36. The van der Waals surface area contributed by atoms with Crippen molar-refractivity contribution in [2.45, 2.75) is 0 Å². The van der Waals surface area contributed by atoms with Crippen molar-refractivity contribution >= 4 is 33.6 Å². The van der Waals surface area contributed by atoms with Crippen LogP contribution in [-0.4, -0.2) is 18.4 Å². The van der Waals surface area contributed by atoms with E-state index in [1.54, 1.807) is 12.5 Å². The monoisotopic (exact) mass is 297 g/mol. The van der Waals surface area contributed by atoms with Crippen molar-refractivity contribution in [3.8, 4) is 16.3 Å². The molecule has 1 heterocycles. The number of carbonyl (C=O) groups is 1. The highest BCUT2D eigenvalue weighted by Crippen LogP contribution is 2.31. The maximum absolute atomic E-state index is 10.5. The second kappa shape index (κ2) is 4.76. The van der Waals surface area contributed by atoms with Crippen LogP contribution < -0.4 is 4.74 Å². The Balaban J connectivity index is 2.40. The molecule has 0 aliphatic carbocycles. The molecule has 3 nitrogen and oxygen atoms in total. The first-order chi connectivity index (χ1) is 7.74. The molecular formula is C11H8BrNO2S. The third-order valence-electron chi connectivity index (χ3n) is 2.04. The van der Waals surface area contributed by atoms with Crippen LogP contribution in [0.15, 0.2) is 28.1 Å². The largest absolute Gasteiger partial charge is 0.496 e. The highest BCUT2D eigenvalue weighted by atomic mass is 79.9. The first-order valence-electron chi connectivity index (χ1n) is 4.49. The van der Waals surface area contributed by atoms with Gasteiger partial charge in [0.05, 0.1) is 11.6 Å². The summed E-state index contributed by atoms with van der Waals surface area (Å²) in [6.45, 7) is 0. The van der Waals surface area contributed by atoms with Crippen molar-refractivity contribution in [2.75, 3.05) is 7.11 Å². The number of hydrogen-bond acceptors (Lipinski definition) is 4. The first-order valence-corrected chi connectivity index (χ1v) is 6.16. The predicted octanol–water partition coefficient (Wildman–Crippen LogP) is 3.39. The van der Waals surface area contributed by atoms with Gasteiger partial charge in [0.2, 0.25) is 0 Å². The Morgan fingerprint density at radius 1 is 1.50 bits per heavy atom. The molecule has 5 heteroatoms. The van der Waals surface area contributed by atoms with Gasteiger partial charge in [-0.25, -0.2) is 4.98 Å². The van der Waals surface area contributed by atoms with Gasteiger partial charge in [-0.05, 0) is 34.1 Å². The Labute approximate surface area is 105 Å². The lowest BCUT2D eigenvalue weighted by atomic mass is 10.2. The van der Waals surface area contributed by atoms with Crippen LogP contribution in [0.4, 0.5) is 0 Å². The average molecular weight is 298 g/mol. The smallest absolute Gasteiger partial charge is 0.169 e. The fraction of sp³-hybridized carbons (Fsp3) is 0.0909. The molecule has 82 valence electrons. The molecule has 16 heavy (non-hydrogen) atoms. The van der Waals surface area contributed by atoms with Gasteiger partial charge >= 0.3 is 0 Å². The van der Waals surface area contributed by atoms with Gasteiger partial charge in [0, 0.05) is 10.9 Å². The molecule has 0 radical (unpaired) electrons. The number of hydrogen-bond donors (Lipinski definition) is 0. The van der Waals surface area contributed by atoms with E-state index in [4.69, 9.17) is 4.74 Å². The van der Waals surface area contributed by atoms with Crippen LogP contribution >= 0.6 is 27.3 Å². The van der Waals surface area contributed by atoms with E-state index >= 15 is 0 Å². The number of rotatable bonds is 3. The minimum atomic E-state index is 0.465. The predicted molar refractivity (Wildman–Crippen MR) is 67.2 cm³/mol. The lowest BCUT2D eigenvalue weighted by Crippen LogP contribution is -1.85. The highest BCUT2D eigenvalue weighted by Gasteiger charge is 2.07. The van der Waals surface area contributed by atoms with Crippen molar-refractivity contribution in [3.63, 3.8) is 0 Å². The summed E-state index contributed by atoms with van der Waals surface area (Å²) in [5.74, 6) is 0.774. The maximum Gasteiger partial charge on any atom is 0.169 e. The van der Waals surface area contributed by atoms with E-state index in [9.17, 15) is 4.79 Å².